The molecule has 0 aromatic carbocycles. The predicted octanol–water partition coefficient (Wildman–Crippen LogP) is 0.966. The van der Waals surface area contributed by atoms with E-state index >= 15 is 0 Å². The molecule has 2 heterocycles. The average Bonchev–Trinajstić information content (AvgIpc) is 2.82. The SMILES string of the molecule is O=C(O)[C@@H]1CCCN1.c1cscn1. The van der Waals surface area contributed by atoms with Gasteiger partial charge in [-0.15, -0.1) is 11.3 Å². The number of aliphatic carboxylic acids is 1. The highest BCUT2D eigenvalue weighted by Crippen LogP contribution is 2.03. The average molecular weight is 200 g/mol. The number of rotatable bonds is 1. The molecule has 1 fully saturated rings. The molecule has 0 aliphatic carbocycles. The summed E-state index contributed by atoms with van der Waals surface area (Å²) >= 11 is 1.60. The number of thiazole rings is 1. The first-order valence-corrected chi connectivity index (χ1v) is 5.03. The van der Waals surface area contributed by atoms with Crippen LogP contribution in [0.4, 0.5) is 0 Å². The highest BCUT2D eigenvalue weighted by atomic mass is 32.1. The zero-order chi connectivity index (χ0) is 9.52. The van der Waals surface area contributed by atoms with Gasteiger partial charge in [0, 0.05) is 11.6 Å². The normalized spacial score (nSPS) is 20.5. The molecule has 13 heavy (non-hydrogen) atoms. The molecule has 1 atom stereocenters. The predicted molar refractivity (Wildman–Crippen MR) is 50.8 cm³/mol. The summed E-state index contributed by atoms with van der Waals surface area (Å²) in [5.74, 6) is -0.720. The number of hydrogen-bond acceptors (Lipinski definition) is 4. The van der Waals surface area contributed by atoms with Crippen molar-refractivity contribution in [1.82, 2.24) is 10.3 Å². The van der Waals surface area contributed by atoms with Crippen LogP contribution in [0.1, 0.15) is 12.8 Å². The summed E-state index contributed by atoms with van der Waals surface area (Å²) in [7, 11) is 0. The molecule has 0 saturated carbocycles. The van der Waals surface area contributed by atoms with Crippen LogP contribution >= 0.6 is 11.3 Å². The van der Waals surface area contributed by atoms with Crippen LogP contribution in [-0.2, 0) is 4.79 Å². The van der Waals surface area contributed by atoms with E-state index in [1.807, 2.05) is 5.38 Å². The Morgan fingerprint density at radius 2 is 2.54 bits per heavy atom. The number of carbonyl (C=O) groups is 1. The minimum atomic E-state index is -0.720. The van der Waals surface area contributed by atoms with Gasteiger partial charge in [-0.1, -0.05) is 0 Å². The van der Waals surface area contributed by atoms with Gasteiger partial charge in [-0.05, 0) is 19.4 Å². The van der Waals surface area contributed by atoms with Gasteiger partial charge in [0.25, 0.3) is 0 Å². The van der Waals surface area contributed by atoms with E-state index in [4.69, 9.17) is 5.11 Å². The zero-order valence-electron chi connectivity index (χ0n) is 7.14. The van der Waals surface area contributed by atoms with Crippen LogP contribution < -0.4 is 5.32 Å². The molecule has 0 radical (unpaired) electrons. The molecule has 1 saturated heterocycles. The molecular formula is C8H12N2O2S. The number of hydrogen-bond donors (Lipinski definition) is 2. The molecule has 2 N–H and O–H groups in total. The van der Waals surface area contributed by atoms with Gasteiger partial charge in [0.2, 0.25) is 0 Å². The van der Waals surface area contributed by atoms with Gasteiger partial charge in [-0.3, -0.25) is 9.78 Å². The maximum atomic E-state index is 10.1. The van der Waals surface area contributed by atoms with E-state index in [1.54, 1.807) is 23.0 Å². The third-order valence-electron chi connectivity index (χ3n) is 1.71. The Balaban J connectivity index is 0.000000145. The molecule has 4 nitrogen and oxygen atoms in total. The second-order valence-electron chi connectivity index (χ2n) is 2.66. The Morgan fingerprint density at radius 1 is 1.69 bits per heavy atom. The number of aromatic nitrogens is 1. The first-order chi connectivity index (χ1) is 6.30. The van der Waals surface area contributed by atoms with E-state index in [0.717, 1.165) is 19.4 Å². The summed E-state index contributed by atoms with van der Waals surface area (Å²) in [5, 5.41) is 13.1. The first kappa shape index (κ1) is 10.1. The minimum Gasteiger partial charge on any atom is -0.480 e. The lowest BCUT2D eigenvalue weighted by Crippen LogP contribution is -2.29. The Hall–Kier alpha value is -0.940. The van der Waals surface area contributed by atoms with Crippen molar-refractivity contribution in [3.63, 3.8) is 0 Å². The standard InChI is InChI=1S/C5H9NO2.C3H3NS/c7-5(8)4-2-1-3-6-4;1-2-5-3-4-1/h4,6H,1-3H2,(H,7,8);1-3H/t4-;/m0./s1. The van der Waals surface area contributed by atoms with Crippen LogP contribution in [-0.4, -0.2) is 28.6 Å². The minimum absolute atomic E-state index is 0.269. The van der Waals surface area contributed by atoms with Crippen LogP contribution in [0.2, 0.25) is 0 Å². The lowest BCUT2D eigenvalue weighted by molar-refractivity contribution is -0.139. The van der Waals surface area contributed by atoms with E-state index in [1.165, 1.54) is 0 Å². The Morgan fingerprint density at radius 3 is 2.77 bits per heavy atom. The van der Waals surface area contributed by atoms with Gasteiger partial charge >= 0.3 is 5.97 Å². The highest BCUT2D eigenvalue weighted by molar-refractivity contribution is 7.07. The van der Waals surface area contributed by atoms with E-state index in [9.17, 15) is 4.79 Å². The maximum Gasteiger partial charge on any atom is 0.320 e. The largest absolute Gasteiger partial charge is 0.480 e. The molecule has 5 heteroatoms. The van der Waals surface area contributed by atoms with E-state index in [-0.39, 0.29) is 6.04 Å². The molecule has 1 aromatic heterocycles. The number of nitrogens with one attached hydrogen (secondary N) is 1. The fourth-order valence-electron chi connectivity index (χ4n) is 1.07. The summed E-state index contributed by atoms with van der Waals surface area (Å²) in [5.41, 5.74) is 1.79. The molecular weight excluding hydrogens is 188 g/mol. The summed E-state index contributed by atoms with van der Waals surface area (Å²) in [4.78, 5) is 13.9. The molecule has 0 spiro atoms. The van der Waals surface area contributed by atoms with Crippen LogP contribution in [0.3, 0.4) is 0 Å². The lowest BCUT2D eigenvalue weighted by atomic mass is 10.2. The van der Waals surface area contributed by atoms with Gasteiger partial charge in [0.05, 0.1) is 5.51 Å². The van der Waals surface area contributed by atoms with Gasteiger partial charge in [0.1, 0.15) is 6.04 Å². The van der Waals surface area contributed by atoms with Crippen LogP contribution in [0.25, 0.3) is 0 Å². The summed E-state index contributed by atoms with van der Waals surface area (Å²) in [6.07, 6.45) is 3.55. The summed E-state index contributed by atoms with van der Waals surface area (Å²) in [6, 6.07) is -0.269. The van der Waals surface area contributed by atoms with Gasteiger partial charge in [-0.2, -0.15) is 0 Å². The van der Waals surface area contributed by atoms with Crippen molar-refractivity contribution in [3.05, 3.63) is 17.1 Å². The molecule has 1 aliphatic heterocycles. The molecule has 72 valence electrons. The number of carboxylic acid groups (broad SMARTS) is 1. The lowest BCUT2D eigenvalue weighted by Gasteiger charge is -1.99. The molecule has 0 unspecified atom stereocenters. The van der Waals surface area contributed by atoms with Crippen LogP contribution in [0.5, 0.6) is 0 Å². The van der Waals surface area contributed by atoms with Gasteiger partial charge < -0.3 is 10.4 Å². The third-order valence-corrected chi connectivity index (χ3v) is 2.23. The molecule has 0 amide bonds. The Labute approximate surface area is 80.6 Å². The zero-order valence-corrected chi connectivity index (χ0v) is 7.96. The van der Waals surface area contributed by atoms with Crippen LogP contribution in [0.15, 0.2) is 17.1 Å². The fraction of sp³-hybridized carbons (Fsp3) is 0.500. The molecule has 2 rings (SSSR count). The Kier molecular flexibility index (Phi) is 4.42. The van der Waals surface area contributed by atoms with Crippen molar-refractivity contribution >= 4 is 17.3 Å². The second kappa shape index (κ2) is 5.66. The Bertz CT molecular complexity index is 215. The first-order valence-electron chi connectivity index (χ1n) is 4.09. The third kappa shape index (κ3) is 4.00. The van der Waals surface area contributed by atoms with Gasteiger partial charge in [-0.25, -0.2) is 0 Å². The van der Waals surface area contributed by atoms with Crippen molar-refractivity contribution < 1.29 is 9.90 Å². The number of carboxylic acids is 1. The van der Waals surface area contributed by atoms with Gasteiger partial charge in [0.15, 0.2) is 0 Å². The van der Waals surface area contributed by atoms with Crippen molar-refractivity contribution in [2.24, 2.45) is 0 Å². The van der Waals surface area contributed by atoms with E-state index in [2.05, 4.69) is 10.3 Å². The second-order valence-corrected chi connectivity index (χ2v) is 3.42. The van der Waals surface area contributed by atoms with Crippen molar-refractivity contribution in [2.45, 2.75) is 18.9 Å². The van der Waals surface area contributed by atoms with Crippen molar-refractivity contribution in [3.8, 4) is 0 Å². The molecule has 1 aromatic rings. The maximum absolute atomic E-state index is 10.1. The van der Waals surface area contributed by atoms with Crippen molar-refractivity contribution in [2.75, 3.05) is 6.54 Å². The van der Waals surface area contributed by atoms with Crippen LogP contribution in [0, 0.1) is 0 Å². The monoisotopic (exact) mass is 200 g/mol. The highest BCUT2D eigenvalue weighted by Gasteiger charge is 2.20. The number of nitrogens with zero attached hydrogens (tertiary/aromatic N) is 1. The molecule has 0 bridgehead atoms. The quantitative estimate of drug-likeness (QED) is 0.709. The van der Waals surface area contributed by atoms with Crippen molar-refractivity contribution in [1.29, 1.82) is 0 Å². The summed E-state index contributed by atoms with van der Waals surface area (Å²) in [6.45, 7) is 0.858. The van der Waals surface area contributed by atoms with E-state index < -0.39 is 5.97 Å². The smallest absolute Gasteiger partial charge is 0.320 e. The summed E-state index contributed by atoms with van der Waals surface area (Å²) < 4.78 is 0. The van der Waals surface area contributed by atoms with E-state index in [0.29, 0.717) is 0 Å². The topological polar surface area (TPSA) is 62.2 Å². The fourth-order valence-corrected chi connectivity index (χ4v) is 1.42. The molecule has 1 aliphatic rings.